The third kappa shape index (κ3) is 1.82. The van der Waals surface area contributed by atoms with E-state index >= 15 is 0 Å². The van der Waals surface area contributed by atoms with Crippen LogP contribution in [0.5, 0.6) is 0 Å². The van der Waals surface area contributed by atoms with Gasteiger partial charge in [0, 0.05) is 25.6 Å². The quantitative estimate of drug-likeness (QED) is 0.764. The molecule has 1 N–H and O–H groups in total. The van der Waals surface area contributed by atoms with E-state index in [1.807, 2.05) is 17.8 Å². The monoisotopic (exact) mass is 209 g/mol. The largest absolute Gasteiger partial charge is 0.320 e. The summed E-state index contributed by atoms with van der Waals surface area (Å²) in [7, 11) is 1.89. The molecule has 0 unspecified atom stereocenters. The van der Waals surface area contributed by atoms with Crippen LogP contribution in [-0.4, -0.2) is 19.5 Å². The summed E-state index contributed by atoms with van der Waals surface area (Å²) in [6, 6.07) is 1.72. The van der Waals surface area contributed by atoms with Crippen LogP contribution in [0.3, 0.4) is 0 Å². The first-order chi connectivity index (χ1) is 6.75. The predicted octanol–water partition coefficient (Wildman–Crippen LogP) is 1.61. The zero-order valence-corrected chi connectivity index (χ0v) is 8.23. The molecular weight excluding hydrogens is 202 g/mol. The van der Waals surface area contributed by atoms with Crippen LogP contribution in [0.1, 0.15) is 0 Å². The molecule has 0 bridgehead atoms. The van der Waals surface area contributed by atoms with Crippen LogP contribution in [0.25, 0.3) is 0 Å². The molecule has 0 amide bonds. The Morgan fingerprint density at radius 1 is 1.36 bits per heavy atom. The summed E-state index contributed by atoms with van der Waals surface area (Å²) in [4.78, 5) is 11.8. The Bertz CT molecular complexity index is 439. The Morgan fingerprint density at radius 3 is 2.86 bits per heavy atom. The van der Waals surface area contributed by atoms with E-state index in [2.05, 4.69) is 20.3 Å². The molecule has 2 rings (SSSR count). The number of halogens is 1. The van der Waals surface area contributed by atoms with Crippen molar-refractivity contribution in [1.82, 2.24) is 19.5 Å². The molecule has 2 aromatic rings. The molecule has 5 nitrogen and oxygen atoms in total. The summed E-state index contributed by atoms with van der Waals surface area (Å²) >= 11 is 5.64. The first-order valence-electron chi connectivity index (χ1n) is 3.98. The minimum Gasteiger partial charge on any atom is -0.320 e. The average Bonchev–Trinajstić information content (AvgIpc) is 2.52. The molecular formula is C8H8ClN5. The number of imidazole rings is 1. The summed E-state index contributed by atoms with van der Waals surface area (Å²) in [6.45, 7) is 0. The van der Waals surface area contributed by atoms with Gasteiger partial charge in [-0.25, -0.2) is 15.0 Å². The predicted molar refractivity (Wildman–Crippen MR) is 53.5 cm³/mol. The van der Waals surface area contributed by atoms with Gasteiger partial charge in [-0.05, 0) is 17.7 Å². The number of anilines is 2. The first-order valence-corrected chi connectivity index (χ1v) is 4.36. The van der Waals surface area contributed by atoms with E-state index in [4.69, 9.17) is 11.6 Å². The van der Waals surface area contributed by atoms with E-state index in [1.165, 1.54) is 0 Å². The van der Waals surface area contributed by atoms with Crippen molar-refractivity contribution in [1.29, 1.82) is 0 Å². The summed E-state index contributed by atoms with van der Waals surface area (Å²) in [5.41, 5.74) is 0. The fraction of sp³-hybridized carbons (Fsp3) is 0.125. The number of aryl methyl sites for hydroxylation is 1. The molecule has 0 saturated heterocycles. The Morgan fingerprint density at radius 2 is 2.21 bits per heavy atom. The van der Waals surface area contributed by atoms with Gasteiger partial charge >= 0.3 is 0 Å². The molecule has 6 heteroatoms. The Hall–Kier alpha value is -1.62. The number of hydrogen-bond acceptors (Lipinski definition) is 4. The molecule has 0 spiro atoms. The van der Waals surface area contributed by atoms with Gasteiger partial charge < -0.3 is 9.88 Å². The number of nitrogens with zero attached hydrogens (tertiary/aromatic N) is 4. The lowest BCUT2D eigenvalue weighted by atomic mass is 10.6. The van der Waals surface area contributed by atoms with Crippen molar-refractivity contribution in [2.75, 3.05) is 5.32 Å². The minimum absolute atomic E-state index is 0.212. The Kier molecular flexibility index (Phi) is 2.32. The molecule has 0 fully saturated rings. The summed E-state index contributed by atoms with van der Waals surface area (Å²) < 4.78 is 1.84. The van der Waals surface area contributed by atoms with Crippen LogP contribution in [0.15, 0.2) is 24.7 Å². The van der Waals surface area contributed by atoms with Gasteiger partial charge in [-0.2, -0.15) is 0 Å². The van der Waals surface area contributed by atoms with Gasteiger partial charge in [-0.3, -0.25) is 0 Å². The molecule has 2 aromatic heterocycles. The van der Waals surface area contributed by atoms with E-state index in [-0.39, 0.29) is 5.28 Å². The third-order valence-electron chi connectivity index (χ3n) is 1.69. The SMILES string of the molecule is Cn1ccnc1Nc1ccnc(Cl)n1. The van der Waals surface area contributed by atoms with Gasteiger partial charge in [-0.15, -0.1) is 0 Å². The standard InChI is InChI=1S/C8H8ClN5/c1-14-5-4-11-8(14)13-6-2-3-10-7(9)12-6/h2-5H,1H3,(H,10,11,12,13). The highest BCUT2D eigenvalue weighted by atomic mass is 35.5. The van der Waals surface area contributed by atoms with E-state index in [0.717, 1.165) is 0 Å². The van der Waals surface area contributed by atoms with E-state index < -0.39 is 0 Å². The summed E-state index contributed by atoms with van der Waals surface area (Å²) in [5.74, 6) is 1.33. The molecule has 0 aliphatic carbocycles. The van der Waals surface area contributed by atoms with Crippen LogP contribution in [-0.2, 0) is 7.05 Å². The molecule has 0 aliphatic rings. The van der Waals surface area contributed by atoms with Crippen LogP contribution in [0.4, 0.5) is 11.8 Å². The molecule has 14 heavy (non-hydrogen) atoms. The minimum atomic E-state index is 0.212. The van der Waals surface area contributed by atoms with Crippen molar-refractivity contribution in [3.63, 3.8) is 0 Å². The van der Waals surface area contributed by atoms with Gasteiger partial charge in [0.25, 0.3) is 0 Å². The van der Waals surface area contributed by atoms with Crippen molar-refractivity contribution in [2.45, 2.75) is 0 Å². The molecule has 0 atom stereocenters. The van der Waals surface area contributed by atoms with Crippen LogP contribution in [0.2, 0.25) is 5.28 Å². The van der Waals surface area contributed by atoms with Gasteiger partial charge in [-0.1, -0.05) is 0 Å². The topological polar surface area (TPSA) is 55.6 Å². The van der Waals surface area contributed by atoms with Gasteiger partial charge in [0.2, 0.25) is 11.2 Å². The molecule has 2 heterocycles. The Balaban J connectivity index is 2.23. The normalized spacial score (nSPS) is 10.1. The number of aromatic nitrogens is 4. The fourth-order valence-corrected chi connectivity index (χ4v) is 1.15. The smallest absolute Gasteiger partial charge is 0.224 e. The fourth-order valence-electron chi connectivity index (χ4n) is 1.01. The maximum absolute atomic E-state index is 5.64. The number of rotatable bonds is 2. The second kappa shape index (κ2) is 3.63. The molecule has 0 aliphatic heterocycles. The lowest BCUT2D eigenvalue weighted by Gasteiger charge is -2.03. The number of nitrogens with one attached hydrogen (secondary N) is 1. The van der Waals surface area contributed by atoms with Crippen LogP contribution in [0, 0.1) is 0 Å². The highest BCUT2D eigenvalue weighted by Crippen LogP contribution is 2.11. The lowest BCUT2D eigenvalue weighted by molar-refractivity contribution is 0.921. The zero-order chi connectivity index (χ0) is 9.97. The lowest BCUT2D eigenvalue weighted by Crippen LogP contribution is -2.00. The van der Waals surface area contributed by atoms with Crippen molar-refractivity contribution in [2.24, 2.45) is 7.05 Å². The summed E-state index contributed by atoms with van der Waals surface area (Å²) in [6.07, 6.45) is 5.12. The maximum atomic E-state index is 5.64. The van der Waals surface area contributed by atoms with Crippen LogP contribution < -0.4 is 5.32 Å². The van der Waals surface area contributed by atoms with E-state index in [0.29, 0.717) is 11.8 Å². The van der Waals surface area contributed by atoms with Crippen molar-refractivity contribution < 1.29 is 0 Å². The van der Waals surface area contributed by atoms with Crippen molar-refractivity contribution in [3.05, 3.63) is 29.9 Å². The highest BCUT2D eigenvalue weighted by molar-refractivity contribution is 6.28. The van der Waals surface area contributed by atoms with Crippen LogP contribution >= 0.6 is 11.6 Å². The molecule has 72 valence electrons. The Labute approximate surface area is 85.8 Å². The zero-order valence-electron chi connectivity index (χ0n) is 7.48. The van der Waals surface area contributed by atoms with E-state index in [1.54, 1.807) is 18.5 Å². The van der Waals surface area contributed by atoms with Gasteiger partial charge in [0.1, 0.15) is 5.82 Å². The van der Waals surface area contributed by atoms with Gasteiger partial charge in [0.05, 0.1) is 0 Å². The first kappa shape index (κ1) is 8.96. The maximum Gasteiger partial charge on any atom is 0.224 e. The highest BCUT2D eigenvalue weighted by Gasteiger charge is 2.00. The second-order valence-electron chi connectivity index (χ2n) is 2.70. The molecule has 0 saturated carbocycles. The van der Waals surface area contributed by atoms with Crippen molar-refractivity contribution >= 4 is 23.4 Å². The molecule has 0 aromatic carbocycles. The van der Waals surface area contributed by atoms with Gasteiger partial charge in [0.15, 0.2) is 0 Å². The average molecular weight is 210 g/mol. The summed E-state index contributed by atoms with van der Waals surface area (Å²) in [5, 5.41) is 3.22. The van der Waals surface area contributed by atoms with E-state index in [9.17, 15) is 0 Å². The van der Waals surface area contributed by atoms with Crippen molar-refractivity contribution in [3.8, 4) is 0 Å². The number of hydrogen-bond donors (Lipinski definition) is 1. The molecule has 0 radical (unpaired) electrons. The third-order valence-corrected chi connectivity index (χ3v) is 1.87. The second-order valence-corrected chi connectivity index (χ2v) is 3.04.